The van der Waals surface area contributed by atoms with Gasteiger partial charge in [0.1, 0.15) is 5.69 Å². The summed E-state index contributed by atoms with van der Waals surface area (Å²) in [5.41, 5.74) is 2.56. The maximum atomic E-state index is 11.8. The van der Waals surface area contributed by atoms with Gasteiger partial charge in [0.15, 0.2) is 0 Å². The molecular formula is C17H18ClN3O. The van der Waals surface area contributed by atoms with Gasteiger partial charge in [-0.25, -0.2) is 4.98 Å². The molecule has 0 atom stereocenters. The summed E-state index contributed by atoms with van der Waals surface area (Å²) in [5, 5.41) is 6.97. The van der Waals surface area contributed by atoms with E-state index in [4.69, 9.17) is 11.6 Å². The maximum absolute atomic E-state index is 11.8. The van der Waals surface area contributed by atoms with Crippen molar-refractivity contribution < 1.29 is 4.79 Å². The number of pyridine rings is 1. The van der Waals surface area contributed by atoms with Gasteiger partial charge in [-0.3, -0.25) is 4.79 Å². The van der Waals surface area contributed by atoms with E-state index in [-0.39, 0.29) is 5.91 Å². The fraction of sp³-hybridized carbons (Fsp3) is 0.294. The summed E-state index contributed by atoms with van der Waals surface area (Å²) in [7, 11) is 0. The van der Waals surface area contributed by atoms with Crippen molar-refractivity contribution in [2.24, 2.45) is 0 Å². The number of amides is 1. The molecule has 5 heteroatoms. The Labute approximate surface area is 134 Å². The Morgan fingerprint density at radius 2 is 2.14 bits per heavy atom. The fourth-order valence-corrected chi connectivity index (χ4v) is 2.38. The first-order valence-electron chi connectivity index (χ1n) is 7.46. The van der Waals surface area contributed by atoms with Crippen LogP contribution in [0.25, 0.3) is 0 Å². The Balaban J connectivity index is 1.49. The molecule has 0 spiro atoms. The van der Waals surface area contributed by atoms with Crippen LogP contribution in [0.15, 0.2) is 42.6 Å². The van der Waals surface area contributed by atoms with Gasteiger partial charge in [-0.05, 0) is 49.1 Å². The molecule has 3 rings (SSSR count). The average molecular weight is 316 g/mol. The van der Waals surface area contributed by atoms with Crippen LogP contribution in [0.1, 0.15) is 28.9 Å². The van der Waals surface area contributed by atoms with E-state index in [0.717, 1.165) is 36.5 Å². The van der Waals surface area contributed by atoms with Crippen LogP contribution in [0.2, 0.25) is 5.02 Å². The van der Waals surface area contributed by atoms with Crippen LogP contribution in [-0.4, -0.2) is 23.5 Å². The molecule has 1 fully saturated rings. The zero-order chi connectivity index (χ0) is 15.4. The molecule has 0 bridgehead atoms. The molecule has 2 aromatic rings. The van der Waals surface area contributed by atoms with Crippen molar-refractivity contribution in [1.29, 1.82) is 0 Å². The van der Waals surface area contributed by atoms with E-state index < -0.39 is 0 Å². The van der Waals surface area contributed by atoms with Gasteiger partial charge < -0.3 is 10.6 Å². The third-order valence-electron chi connectivity index (χ3n) is 3.54. The Morgan fingerprint density at radius 3 is 2.82 bits per heavy atom. The second kappa shape index (κ2) is 6.79. The van der Waals surface area contributed by atoms with Crippen molar-refractivity contribution in [3.63, 3.8) is 0 Å². The molecule has 1 aliphatic carbocycles. The van der Waals surface area contributed by atoms with E-state index in [1.807, 2.05) is 24.3 Å². The zero-order valence-corrected chi connectivity index (χ0v) is 12.9. The molecule has 114 valence electrons. The largest absolute Gasteiger partial charge is 0.383 e. The number of rotatable bonds is 6. The molecule has 1 aliphatic rings. The highest BCUT2D eigenvalue weighted by Crippen LogP contribution is 2.19. The highest BCUT2D eigenvalue weighted by Gasteiger charge is 2.24. The molecule has 0 unspecified atom stereocenters. The first-order valence-corrected chi connectivity index (χ1v) is 7.84. The molecule has 0 saturated heterocycles. The van der Waals surface area contributed by atoms with E-state index in [1.54, 1.807) is 12.3 Å². The lowest BCUT2D eigenvalue weighted by atomic mass is 10.1. The van der Waals surface area contributed by atoms with Gasteiger partial charge in [-0.2, -0.15) is 0 Å². The van der Waals surface area contributed by atoms with Crippen LogP contribution in [0.3, 0.4) is 0 Å². The van der Waals surface area contributed by atoms with E-state index >= 15 is 0 Å². The van der Waals surface area contributed by atoms with Gasteiger partial charge >= 0.3 is 0 Å². The molecule has 1 heterocycles. The highest BCUT2D eigenvalue weighted by molar-refractivity contribution is 6.30. The number of nitrogens with zero attached hydrogens (tertiary/aromatic N) is 1. The Hall–Kier alpha value is -2.07. The van der Waals surface area contributed by atoms with Gasteiger partial charge in [-0.1, -0.05) is 23.7 Å². The molecule has 1 aromatic heterocycles. The molecule has 1 aromatic carbocycles. The highest BCUT2D eigenvalue weighted by atomic mass is 35.5. The number of carbonyl (C=O) groups is 1. The molecule has 0 aliphatic heterocycles. The van der Waals surface area contributed by atoms with E-state index in [9.17, 15) is 4.79 Å². The number of nitrogens with one attached hydrogen (secondary N) is 2. The normalized spacial score (nSPS) is 13.7. The van der Waals surface area contributed by atoms with Gasteiger partial charge in [0.25, 0.3) is 5.91 Å². The molecule has 22 heavy (non-hydrogen) atoms. The monoisotopic (exact) mass is 315 g/mol. The first-order chi connectivity index (χ1) is 10.7. The van der Waals surface area contributed by atoms with E-state index in [2.05, 4.69) is 21.7 Å². The molecular weight excluding hydrogens is 298 g/mol. The number of hydrogen-bond donors (Lipinski definition) is 2. The minimum Gasteiger partial charge on any atom is -0.383 e. The smallest absolute Gasteiger partial charge is 0.270 e. The third kappa shape index (κ3) is 4.21. The Morgan fingerprint density at radius 1 is 1.27 bits per heavy atom. The van der Waals surface area contributed by atoms with E-state index in [1.165, 1.54) is 5.56 Å². The maximum Gasteiger partial charge on any atom is 0.270 e. The summed E-state index contributed by atoms with van der Waals surface area (Å²) >= 11 is 5.96. The zero-order valence-electron chi connectivity index (χ0n) is 12.2. The van der Waals surface area contributed by atoms with Crippen molar-refractivity contribution in [3.05, 3.63) is 58.9 Å². The van der Waals surface area contributed by atoms with Crippen LogP contribution in [-0.2, 0) is 6.42 Å². The van der Waals surface area contributed by atoms with Crippen molar-refractivity contribution in [2.75, 3.05) is 11.9 Å². The van der Waals surface area contributed by atoms with Crippen LogP contribution >= 0.6 is 11.6 Å². The number of aromatic nitrogens is 1. The Kier molecular flexibility index (Phi) is 4.59. The lowest BCUT2D eigenvalue weighted by Gasteiger charge is -2.07. The van der Waals surface area contributed by atoms with Crippen LogP contribution < -0.4 is 10.6 Å². The van der Waals surface area contributed by atoms with Crippen molar-refractivity contribution in [2.45, 2.75) is 25.3 Å². The molecule has 2 N–H and O–H groups in total. The summed E-state index contributed by atoms with van der Waals surface area (Å²) in [4.78, 5) is 16.0. The summed E-state index contributed by atoms with van der Waals surface area (Å²) < 4.78 is 0. The number of benzene rings is 1. The SMILES string of the molecule is O=C(NC1CC1)c1ccc(NCCc2cccc(Cl)c2)cn1. The van der Waals surface area contributed by atoms with Gasteiger partial charge in [0, 0.05) is 17.6 Å². The minimum atomic E-state index is -0.0898. The molecule has 4 nitrogen and oxygen atoms in total. The summed E-state index contributed by atoms with van der Waals surface area (Å²) in [6.07, 6.45) is 4.73. The van der Waals surface area contributed by atoms with Gasteiger partial charge in [-0.15, -0.1) is 0 Å². The number of carbonyl (C=O) groups excluding carboxylic acids is 1. The molecule has 1 amide bonds. The van der Waals surface area contributed by atoms with Crippen molar-refractivity contribution in [1.82, 2.24) is 10.3 Å². The topological polar surface area (TPSA) is 54.0 Å². The minimum absolute atomic E-state index is 0.0898. The summed E-state index contributed by atoms with van der Waals surface area (Å²) in [6.45, 7) is 0.787. The Bertz CT molecular complexity index is 653. The van der Waals surface area contributed by atoms with Crippen LogP contribution in [0.5, 0.6) is 0 Å². The molecule has 1 saturated carbocycles. The first kappa shape index (κ1) is 14.9. The van der Waals surface area contributed by atoms with Gasteiger partial charge in [0.2, 0.25) is 0 Å². The van der Waals surface area contributed by atoms with Crippen LogP contribution in [0, 0.1) is 0 Å². The quantitative estimate of drug-likeness (QED) is 0.860. The second-order valence-electron chi connectivity index (χ2n) is 5.49. The lowest BCUT2D eigenvalue weighted by molar-refractivity contribution is 0.0946. The van der Waals surface area contributed by atoms with Crippen LogP contribution in [0.4, 0.5) is 5.69 Å². The molecule has 0 radical (unpaired) electrons. The summed E-state index contributed by atoms with van der Waals surface area (Å²) in [6, 6.07) is 11.8. The number of halogens is 1. The lowest BCUT2D eigenvalue weighted by Crippen LogP contribution is -2.26. The fourth-order valence-electron chi connectivity index (χ4n) is 2.16. The summed E-state index contributed by atoms with van der Waals surface area (Å²) in [5.74, 6) is -0.0898. The standard InChI is InChI=1S/C17H18ClN3O/c18-13-3-1-2-12(10-13)8-9-19-15-6-7-16(20-11-15)17(22)21-14-4-5-14/h1-3,6-7,10-11,14,19H,4-5,8-9H2,(H,21,22). The van der Waals surface area contributed by atoms with Crippen molar-refractivity contribution >= 4 is 23.2 Å². The predicted molar refractivity (Wildman–Crippen MR) is 88.4 cm³/mol. The second-order valence-corrected chi connectivity index (χ2v) is 5.92. The number of anilines is 1. The third-order valence-corrected chi connectivity index (χ3v) is 3.78. The number of hydrogen-bond acceptors (Lipinski definition) is 3. The predicted octanol–water partition coefficient (Wildman–Crippen LogP) is 3.28. The van der Waals surface area contributed by atoms with Gasteiger partial charge in [0.05, 0.1) is 11.9 Å². The van der Waals surface area contributed by atoms with Crippen molar-refractivity contribution in [3.8, 4) is 0 Å². The van der Waals surface area contributed by atoms with E-state index in [0.29, 0.717) is 11.7 Å². The average Bonchev–Trinajstić information content (AvgIpc) is 3.32.